The van der Waals surface area contributed by atoms with E-state index in [1.807, 2.05) is 28.6 Å². The van der Waals surface area contributed by atoms with Crippen molar-refractivity contribution in [3.05, 3.63) is 66.3 Å². The van der Waals surface area contributed by atoms with Crippen molar-refractivity contribution in [2.75, 3.05) is 11.5 Å². The molecule has 1 aliphatic carbocycles. The zero-order valence-corrected chi connectivity index (χ0v) is 19.6. The molecule has 1 saturated carbocycles. The Morgan fingerprint density at radius 2 is 2.03 bits per heavy atom. The predicted octanol–water partition coefficient (Wildman–Crippen LogP) is 3.68. The van der Waals surface area contributed by atoms with E-state index in [-0.39, 0.29) is 12.0 Å². The number of anilines is 1. The molecule has 0 saturated heterocycles. The zero-order valence-electron chi connectivity index (χ0n) is 18.8. The van der Waals surface area contributed by atoms with Gasteiger partial charge in [0.05, 0.1) is 28.7 Å². The minimum absolute atomic E-state index is 0.0106. The lowest BCUT2D eigenvalue weighted by Crippen LogP contribution is -2.29. The monoisotopic (exact) mass is 473 g/mol. The van der Waals surface area contributed by atoms with Gasteiger partial charge >= 0.3 is 0 Å². The second kappa shape index (κ2) is 8.37. The standard InChI is InChI=1S/C26H27N5O2S/c1-14-8-20-22(34-12-14)11-16-4-2-15(9-19(16)30-20)3-5-17-10-21(24(33)23(17)32)31-7-6-18-25(27)28-13-29-26(18)31/h2,4,6-7,9,11,13,17,21,23-24,32-33H,1,3,5,8,10,12H2,(H2,27,28,29)/t17-,21+,23+,24-/m0/s1. The van der Waals surface area contributed by atoms with Crippen LogP contribution in [0.4, 0.5) is 5.82 Å². The minimum Gasteiger partial charge on any atom is -0.390 e. The van der Waals surface area contributed by atoms with E-state index in [0.717, 1.165) is 47.0 Å². The van der Waals surface area contributed by atoms with Crippen LogP contribution in [0, 0.1) is 5.92 Å². The molecule has 174 valence electrons. The lowest BCUT2D eigenvalue weighted by atomic mass is 9.95. The number of rotatable bonds is 4. The first-order chi connectivity index (χ1) is 16.5. The van der Waals surface area contributed by atoms with E-state index in [4.69, 9.17) is 10.7 Å². The number of fused-ring (bicyclic) bond motifs is 3. The third-order valence-corrected chi connectivity index (χ3v) is 8.46. The molecule has 6 rings (SSSR count). The maximum atomic E-state index is 10.8. The quantitative estimate of drug-likeness (QED) is 0.388. The highest BCUT2D eigenvalue weighted by Crippen LogP contribution is 2.40. The van der Waals surface area contributed by atoms with Crippen molar-refractivity contribution >= 4 is 39.5 Å². The van der Waals surface area contributed by atoms with Gasteiger partial charge in [0.15, 0.2) is 0 Å². The fourth-order valence-electron chi connectivity index (χ4n) is 5.38. The van der Waals surface area contributed by atoms with Gasteiger partial charge in [0.25, 0.3) is 0 Å². The summed E-state index contributed by atoms with van der Waals surface area (Å²) in [4.78, 5) is 14.6. The van der Waals surface area contributed by atoms with Crippen LogP contribution in [0.5, 0.6) is 0 Å². The number of thioether (sulfide) groups is 1. The molecule has 1 aromatic carbocycles. The summed E-state index contributed by atoms with van der Waals surface area (Å²) in [5, 5.41) is 23.6. The van der Waals surface area contributed by atoms with Crippen LogP contribution in [0.25, 0.3) is 21.9 Å². The highest BCUT2D eigenvalue weighted by atomic mass is 32.2. The second-order valence-electron chi connectivity index (χ2n) is 9.48. The molecule has 0 amide bonds. The Morgan fingerprint density at radius 1 is 1.15 bits per heavy atom. The number of hydrogen-bond acceptors (Lipinski definition) is 7. The molecule has 4 aromatic rings. The summed E-state index contributed by atoms with van der Waals surface area (Å²) in [6, 6.07) is 10.3. The summed E-state index contributed by atoms with van der Waals surface area (Å²) in [7, 11) is 0. The summed E-state index contributed by atoms with van der Waals surface area (Å²) in [5.74, 6) is 1.37. The molecule has 4 atom stereocenters. The van der Waals surface area contributed by atoms with E-state index < -0.39 is 12.2 Å². The smallest absolute Gasteiger partial charge is 0.145 e. The highest BCUT2D eigenvalue weighted by molar-refractivity contribution is 7.99. The summed E-state index contributed by atoms with van der Waals surface area (Å²) in [6.07, 6.45) is 4.80. The van der Waals surface area contributed by atoms with Crippen molar-refractivity contribution in [2.45, 2.75) is 48.8 Å². The fraction of sp³-hybridized carbons (Fsp3) is 0.346. The van der Waals surface area contributed by atoms with Crippen molar-refractivity contribution in [1.29, 1.82) is 0 Å². The third-order valence-electron chi connectivity index (χ3n) is 7.24. The van der Waals surface area contributed by atoms with Crippen LogP contribution in [-0.2, 0) is 12.8 Å². The first-order valence-electron chi connectivity index (χ1n) is 11.6. The molecular weight excluding hydrogens is 446 g/mol. The number of aromatic nitrogens is 4. The van der Waals surface area contributed by atoms with Gasteiger partial charge in [0, 0.05) is 28.7 Å². The Hall–Kier alpha value is -2.94. The third kappa shape index (κ3) is 3.66. The SMILES string of the molecule is C=C1CSc2cc3ccc(CC[C@H]4C[C@@H](n5ccc6c(N)ncnc65)[C@H](O)[C@@H]4O)cc3nc2C1. The summed E-state index contributed by atoms with van der Waals surface area (Å²) < 4.78 is 1.93. The van der Waals surface area contributed by atoms with Gasteiger partial charge in [0.2, 0.25) is 0 Å². The second-order valence-corrected chi connectivity index (χ2v) is 10.5. The number of pyridine rings is 1. The average Bonchev–Trinajstić information content (AvgIpc) is 3.38. The van der Waals surface area contributed by atoms with Crippen LogP contribution in [0.3, 0.4) is 0 Å². The Labute approximate surface area is 201 Å². The zero-order chi connectivity index (χ0) is 23.4. The molecule has 8 heteroatoms. The van der Waals surface area contributed by atoms with Gasteiger partial charge in [-0.25, -0.2) is 9.97 Å². The summed E-state index contributed by atoms with van der Waals surface area (Å²) >= 11 is 1.81. The number of nitrogens with two attached hydrogens (primary N) is 1. The van der Waals surface area contributed by atoms with Crippen LogP contribution in [0.15, 0.2) is 59.9 Å². The number of nitrogen functional groups attached to an aromatic ring is 1. The van der Waals surface area contributed by atoms with Gasteiger partial charge in [-0.1, -0.05) is 24.3 Å². The lowest BCUT2D eigenvalue weighted by molar-refractivity contribution is 0.00545. The van der Waals surface area contributed by atoms with E-state index in [1.54, 1.807) is 0 Å². The van der Waals surface area contributed by atoms with Gasteiger partial charge < -0.3 is 20.5 Å². The van der Waals surface area contributed by atoms with E-state index >= 15 is 0 Å². The molecule has 0 radical (unpaired) electrons. The Balaban J connectivity index is 1.20. The number of nitrogens with zero attached hydrogens (tertiary/aromatic N) is 4. The molecule has 1 aliphatic heterocycles. The summed E-state index contributed by atoms with van der Waals surface area (Å²) in [5.41, 5.74) is 11.2. The van der Waals surface area contributed by atoms with E-state index in [9.17, 15) is 10.2 Å². The van der Waals surface area contributed by atoms with Crippen molar-refractivity contribution in [2.24, 2.45) is 5.92 Å². The minimum atomic E-state index is -0.854. The van der Waals surface area contributed by atoms with Crippen LogP contribution in [0.2, 0.25) is 0 Å². The average molecular weight is 474 g/mol. The van der Waals surface area contributed by atoms with Gasteiger partial charge in [-0.2, -0.15) is 0 Å². The van der Waals surface area contributed by atoms with E-state index in [2.05, 4.69) is 40.8 Å². The molecule has 1 fully saturated rings. The topological polar surface area (TPSA) is 110 Å². The molecule has 4 N–H and O–H groups in total. The number of hydrogen-bond donors (Lipinski definition) is 3. The number of benzene rings is 1. The van der Waals surface area contributed by atoms with Crippen LogP contribution in [0.1, 0.15) is 30.1 Å². The molecule has 0 unspecified atom stereocenters. The van der Waals surface area contributed by atoms with Crippen molar-refractivity contribution < 1.29 is 10.2 Å². The largest absolute Gasteiger partial charge is 0.390 e. The number of aryl methyl sites for hydroxylation is 1. The van der Waals surface area contributed by atoms with Crippen LogP contribution in [-0.4, -0.2) is 47.7 Å². The van der Waals surface area contributed by atoms with Gasteiger partial charge in [-0.05, 0) is 48.9 Å². The number of aliphatic hydroxyl groups excluding tert-OH is 2. The molecule has 0 bridgehead atoms. The predicted molar refractivity (Wildman–Crippen MR) is 135 cm³/mol. The first-order valence-corrected chi connectivity index (χ1v) is 12.6. The molecular formula is C26H27N5O2S. The van der Waals surface area contributed by atoms with Gasteiger partial charge in [0.1, 0.15) is 23.9 Å². The number of aliphatic hydroxyl groups is 2. The molecule has 7 nitrogen and oxygen atoms in total. The van der Waals surface area contributed by atoms with E-state index in [1.165, 1.54) is 22.4 Å². The maximum absolute atomic E-state index is 10.8. The normalized spacial score (nSPS) is 24.7. The first kappa shape index (κ1) is 21.6. The van der Waals surface area contributed by atoms with Gasteiger partial charge in [-0.3, -0.25) is 4.98 Å². The Bertz CT molecular complexity index is 1420. The molecule has 4 heterocycles. The molecule has 2 aliphatic rings. The summed E-state index contributed by atoms with van der Waals surface area (Å²) in [6.45, 7) is 4.12. The van der Waals surface area contributed by atoms with Crippen LogP contribution >= 0.6 is 11.8 Å². The van der Waals surface area contributed by atoms with Crippen molar-refractivity contribution in [3.63, 3.8) is 0 Å². The lowest BCUT2D eigenvalue weighted by Gasteiger charge is -2.19. The molecule has 3 aromatic heterocycles. The van der Waals surface area contributed by atoms with E-state index in [0.29, 0.717) is 17.9 Å². The Kier molecular flexibility index (Phi) is 5.32. The Morgan fingerprint density at radius 3 is 2.91 bits per heavy atom. The molecule has 34 heavy (non-hydrogen) atoms. The molecule has 0 spiro atoms. The fourth-order valence-corrected chi connectivity index (χ4v) is 6.34. The van der Waals surface area contributed by atoms with Gasteiger partial charge in [-0.15, -0.1) is 11.8 Å². The highest BCUT2D eigenvalue weighted by Gasteiger charge is 2.42. The van der Waals surface area contributed by atoms with Crippen molar-refractivity contribution in [1.82, 2.24) is 19.5 Å². The maximum Gasteiger partial charge on any atom is 0.145 e. The van der Waals surface area contributed by atoms with Crippen molar-refractivity contribution in [3.8, 4) is 0 Å². The van der Waals surface area contributed by atoms with Crippen LogP contribution < -0.4 is 5.73 Å².